The van der Waals surface area contributed by atoms with Crippen LogP contribution in [0, 0.1) is 5.92 Å². The molecule has 1 saturated carbocycles. The van der Waals surface area contributed by atoms with Crippen LogP contribution >= 0.6 is 0 Å². The summed E-state index contributed by atoms with van der Waals surface area (Å²) < 4.78 is 10.6. The molecule has 1 N–H and O–H groups in total. The van der Waals surface area contributed by atoms with Gasteiger partial charge in [-0.25, -0.2) is 14.2 Å². The van der Waals surface area contributed by atoms with Gasteiger partial charge in [0.15, 0.2) is 5.65 Å². The summed E-state index contributed by atoms with van der Waals surface area (Å²) in [7, 11) is 3.40. The van der Waals surface area contributed by atoms with Gasteiger partial charge in [0.2, 0.25) is 5.91 Å². The molecule has 174 valence electrons. The number of rotatable bonds is 7. The molecule has 0 radical (unpaired) electrons. The largest absolute Gasteiger partial charge is 0.478 e. The SMILES string of the molecule is C=CC(=O)N1CCC(Cn2cc(Nc3cn(C)nc3OC)c3ncc(C4CCC4)n3c2=O)C1. The molecular formula is C23H29N7O3. The summed E-state index contributed by atoms with van der Waals surface area (Å²) in [6.45, 7) is 5.41. The maximum atomic E-state index is 13.6. The molecule has 1 amide bonds. The van der Waals surface area contributed by atoms with E-state index in [2.05, 4.69) is 22.0 Å². The first-order valence-corrected chi connectivity index (χ1v) is 11.3. The van der Waals surface area contributed by atoms with Gasteiger partial charge in [0.1, 0.15) is 5.69 Å². The minimum atomic E-state index is -0.0957. The van der Waals surface area contributed by atoms with Crippen molar-refractivity contribution in [2.45, 2.75) is 38.1 Å². The fourth-order valence-corrected chi connectivity index (χ4v) is 4.80. The van der Waals surface area contributed by atoms with Crippen molar-refractivity contribution in [2.24, 2.45) is 13.0 Å². The van der Waals surface area contributed by atoms with E-state index in [0.717, 1.165) is 25.0 Å². The van der Waals surface area contributed by atoms with E-state index in [1.165, 1.54) is 12.5 Å². The Balaban J connectivity index is 1.54. The van der Waals surface area contributed by atoms with Gasteiger partial charge in [0.25, 0.3) is 5.88 Å². The molecule has 33 heavy (non-hydrogen) atoms. The molecule has 3 aromatic rings. The van der Waals surface area contributed by atoms with Crippen LogP contribution in [0.3, 0.4) is 0 Å². The lowest BCUT2D eigenvalue weighted by Crippen LogP contribution is -2.32. The molecule has 5 rings (SSSR count). The molecular weight excluding hydrogens is 422 g/mol. The number of aryl methyl sites for hydroxylation is 1. The average molecular weight is 452 g/mol. The van der Waals surface area contributed by atoms with Crippen molar-refractivity contribution < 1.29 is 9.53 Å². The second-order valence-corrected chi connectivity index (χ2v) is 8.94. The van der Waals surface area contributed by atoms with Gasteiger partial charge in [-0.05, 0) is 31.3 Å². The van der Waals surface area contributed by atoms with E-state index in [0.29, 0.717) is 48.5 Å². The lowest BCUT2D eigenvalue weighted by atomic mass is 9.83. The lowest BCUT2D eigenvalue weighted by molar-refractivity contribution is -0.125. The van der Waals surface area contributed by atoms with Gasteiger partial charge in [-0.2, -0.15) is 0 Å². The molecule has 3 aromatic heterocycles. The quantitative estimate of drug-likeness (QED) is 0.554. The summed E-state index contributed by atoms with van der Waals surface area (Å²) in [6.07, 6.45) is 11.0. The van der Waals surface area contributed by atoms with Crippen LogP contribution in [-0.4, -0.2) is 54.7 Å². The number of anilines is 2. The highest BCUT2D eigenvalue weighted by atomic mass is 16.5. The van der Waals surface area contributed by atoms with Gasteiger partial charge in [0.05, 0.1) is 24.7 Å². The maximum absolute atomic E-state index is 13.6. The predicted molar refractivity (Wildman–Crippen MR) is 124 cm³/mol. The van der Waals surface area contributed by atoms with Crippen LogP contribution in [-0.2, 0) is 18.4 Å². The number of imidazole rings is 1. The van der Waals surface area contributed by atoms with Crippen LogP contribution < -0.4 is 15.7 Å². The van der Waals surface area contributed by atoms with Crippen molar-refractivity contribution in [1.29, 1.82) is 0 Å². The summed E-state index contributed by atoms with van der Waals surface area (Å²) in [5, 5.41) is 7.68. The Hall–Kier alpha value is -3.56. The van der Waals surface area contributed by atoms with Crippen molar-refractivity contribution in [1.82, 2.24) is 28.6 Å². The number of hydrogen-bond donors (Lipinski definition) is 1. The third-order valence-electron chi connectivity index (χ3n) is 6.76. The maximum Gasteiger partial charge on any atom is 0.334 e. The fraction of sp³-hybridized carbons (Fsp3) is 0.478. The molecule has 1 aliphatic heterocycles. The van der Waals surface area contributed by atoms with E-state index in [9.17, 15) is 9.59 Å². The molecule has 1 aliphatic carbocycles. The van der Waals surface area contributed by atoms with Gasteiger partial charge in [-0.3, -0.25) is 14.0 Å². The van der Waals surface area contributed by atoms with Crippen molar-refractivity contribution >= 4 is 22.9 Å². The first-order valence-electron chi connectivity index (χ1n) is 11.3. The Kier molecular flexibility index (Phi) is 5.43. The number of amides is 1. The number of likely N-dealkylation sites (tertiary alicyclic amines) is 1. The number of carbonyl (C=O) groups is 1. The van der Waals surface area contributed by atoms with E-state index in [1.54, 1.807) is 25.7 Å². The number of aromatic nitrogens is 5. The summed E-state index contributed by atoms with van der Waals surface area (Å²) in [6, 6.07) is 0. The van der Waals surface area contributed by atoms with Crippen molar-refractivity contribution in [3.63, 3.8) is 0 Å². The fourth-order valence-electron chi connectivity index (χ4n) is 4.80. The first-order chi connectivity index (χ1) is 16.0. The lowest BCUT2D eigenvalue weighted by Gasteiger charge is -2.25. The zero-order chi connectivity index (χ0) is 23.1. The van der Waals surface area contributed by atoms with Gasteiger partial charge in [-0.15, -0.1) is 5.10 Å². The second kappa shape index (κ2) is 8.42. The number of methoxy groups -OCH3 is 1. The molecule has 2 aliphatic rings. The normalized spacial score (nSPS) is 18.5. The highest BCUT2D eigenvalue weighted by molar-refractivity contribution is 5.87. The zero-order valence-electron chi connectivity index (χ0n) is 19.0. The summed E-state index contributed by atoms with van der Waals surface area (Å²) >= 11 is 0. The molecule has 0 bridgehead atoms. The summed E-state index contributed by atoms with van der Waals surface area (Å²) in [5.41, 5.74) is 2.87. The van der Waals surface area contributed by atoms with E-state index < -0.39 is 0 Å². The highest BCUT2D eigenvalue weighted by Gasteiger charge is 2.28. The zero-order valence-corrected chi connectivity index (χ0v) is 19.0. The minimum Gasteiger partial charge on any atom is -0.478 e. The predicted octanol–water partition coefficient (Wildman–Crippen LogP) is 2.28. The Bertz CT molecular complexity index is 1270. The molecule has 10 nitrogen and oxygen atoms in total. The van der Waals surface area contributed by atoms with Crippen LogP contribution in [0.1, 0.15) is 37.3 Å². The Morgan fingerprint density at radius 2 is 2.12 bits per heavy atom. The molecule has 0 aromatic carbocycles. The van der Waals surface area contributed by atoms with Crippen LogP contribution in [0.15, 0.2) is 36.0 Å². The smallest absolute Gasteiger partial charge is 0.334 e. The third kappa shape index (κ3) is 3.79. The molecule has 2 fully saturated rings. The minimum absolute atomic E-state index is 0.0618. The number of carbonyl (C=O) groups excluding carboxylic acids is 1. The number of ether oxygens (including phenoxy) is 1. The standard InChI is InChI=1S/C23H29N7O3/c1-4-20(31)28-9-8-15(11-28)12-29-14-17(25-18-13-27(2)26-22(18)33-3)21-24-10-19(16-6-5-7-16)30(21)23(29)32/h4,10,13-16,25H,1,5-9,11-12H2,2-3H3. The number of nitrogens with zero attached hydrogens (tertiary/aromatic N) is 6. The Labute approximate surface area is 191 Å². The molecule has 1 unspecified atom stereocenters. The second-order valence-electron chi connectivity index (χ2n) is 8.94. The van der Waals surface area contributed by atoms with Crippen LogP contribution in [0.4, 0.5) is 11.4 Å². The van der Waals surface area contributed by atoms with Gasteiger partial charge >= 0.3 is 5.69 Å². The van der Waals surface area contributed by atoms with E-state index in [4.69, 9.17) is 4.74 Å². The molecule has 0 spiro atoms. The van der Waals surface area contributed by atoms with Gasteiger partial charge in [-0.1, -0.05) is 13.0 Å². The molecule has 1 atom stereocenters. The molecule has 4 heterocycles. The van der Waals surface area contributed by atoms with Crippen molar-refractivity contribution in [2.75, 3.05) is 25.5 Å². The Morgan fingerprint density at radius 3 is 2.82 bits per heavy atom. The van der Waals surface area contributed by atoms with Crippen LogP contribution in [0.5, 0.6) is 5.88 Å². The van der Waals surface area contributed by atoms with Crippen LogP contribution in [0.25, 0.3) is 5.65 Å². The van der Waals surface area contributed by atoms with E-state index >= 15 is 0 Å². The summed E-state index contributed by atoms with van der Waals surface area (Å²) in [4.78, 5) is 32.0. The van der Waals surface area contributed by atoms with E-state index in [-0.39, 0.29) is 17.5 Å². The highest BCUT2D eigenvalue weighted by Crippen LogP contribution is 2.37. The number of nitrogens with one attached hydrogen (secondary N) is 1. The van der Waals surface area contributed by atoms with Gasteiger partial charge < -0.3 is 15.0 Å². The number of fused-ring (bicyclic) bond motifs is 1. The number of hydrogen-bond acceptors (Lipinski definition) is 6. The summed E-state index contributed by atoms with van der Waals surface area (Å²) in [5.74, 6) is 0.957. The van der Waals surface area contributed by atoms with E-state index in [1.807, 2.05) is 25.6 Å². The van der Waals surface area contributed by atoms with Crippen molar-refractivity contribution in [3.05, 3.63) is 47.4 Å². The first kappa shape index (κ1) is 21.3. The molecule has 1 saturated heterocycles. The third-order valence-corrected chi connectivity index (χ3v) is 6.76. The van der Waals surface area contributed by atoms with Crippen LogP contribution in [0.2, 0.25) is 0 Å². The molecule has 10 heteroatoms. The topological polar surface area (TPSA) is 98.7 Å². The monoisotopic (exact) mass is 451 g/mol. The van der Waals surface area contributed by atoms with Crippen molar-refractivity contribution in [3.8, 4) is 5.88 Å². The average Bonchev–Trinajstić information content (AvgIpc) is 3.48. The Morgan fingerprint density at radius 1 is 1.30 bits per heavy atom. The van der Waals surface area contributed by atoms with Gasteiger partial charge in [0, 0.05) is 45.0 Å².